The summed E-state index contributed by atoms with van der Waals surface area (Å²) in [6, 6.07) is 9.47. The summed E-state index contributed by atoms with van der Waals surface area (Å²) >= 11 is 3.50. The van der Waals surface area contributed by atoms with E-state index in [4.69, 9.17) is 11.0 Å². The third-order valence-corrected chi connectivity index (χ3v) is 3.61. The highest BCUT2D eigenvalue weighted by molar-refractivity contribution is 9.10. The predicted molar refractivity (Wildman–Crippen MR) is 75.5 cm³/mol. The van der Waals surface area contributed by atoms with Crippen molar-refractivity contribution < 1.29 is 0 Å². The van der Waals surface area contributed by atoms with Crippen LogP contribution in [0, 0.1) is 18.3 Å². The molecule has 0 saturated heterocycles. The van der Waals surface area contributed by atoms with E-state index in [0.717, 1.165) is 15.7 Å². The predicted octanol–water partition coefficient (Wildman–Crippen LogP) is 3.35. The van der Waals surface area contributed by atoms with E-state index in [2.05, 4.69) is 26.2 Å². The van der Waals surface area contributed by atoms with Crippen LogP contribution in [0.2, 0.25) is 0 Å². The topological polar surface area (TPSA) is 74.7 Å². The van der Waals surface area contributed by atoms with Gasteiger partial charge in [-0.15, -0.1) is 0 Å². The van der Waals surface area contributed by atoms with Gasteiger partial charge in [-0.05, 0) is 40.5 Å². The van der Waals surface area contributed by atoms with Gasteiger partial charge in [0.2, 0.25) is 0 Å². The number of aromatic nitrogens is 1. The lowest BCUT2D eigenvalue weighted by Crippen LogP contribution is -2.02. The first-order valence-electron chi connectivity index (χ1n) is 5.30. The Morgan fingerprint density at radius 2 is 2.17 bits per heavy atom. The summed E-state index contributed by atoms with van der Waals surface area (Å²) in [6.45, 7) is 2.00. The number of nitrogens with zero attached hydrogens (tertiary/aromatic N) is 2. The van der Waals surface area contributed by atoms with Gasteiger partial charge in [-0.25, -0.2) is 4.98 Å². The maximum Gasteiger partial charge on any atom is 0.154 e. The SMILES string of the molecule is Cc1cccc(Nc2nccc(C#N)c2N)c1Br. The molecule has 2 aromatic rings. The molecular formula is C13H11BrN4. The number of halogens is 1. The molecule has 0 aliphatic carbocycles. The molecule has 90 valence electrons. The minimum Gasteiger partial charge on any atom is -0.395 e. The number of pyridine rings is 1. The molecule has 2 rings (SSSR count). The number of rotatable bonds is 2. The van der Waals surface area contributed by atoms with Crippen molar-refractivity contribution in [1.82, 2.24) is 4.98 Å². The van der Waals surface area contributed by atoms with Crippen LogP contribution in [-0.4, -0.2) is 4.98 Å². The van der Waals surface area contributed by atoms with Crippen LogP contribution in [0.4, 0.5) is 17.2 Å². The molecule has 0 aliphatic rings. The molecular weight excluding hydrogens is 292 g/mol. The molecule has 0 saturated carbocycles. The molecule has 0 bridgehead atoms. The zero-order valence-corrected chi connectivity index (χ0v) is 11.3. The Bertz CT molecular complexity index is 631. The summed E-state index contributed by atoms with van der Waals surface area (Å²) in [5.74, 6) is 0.486. The lowest BCUT2D eigenvalue weighted by atomic mass is 10.2. The smallest absolute Gasteiger partial charge is 0.154 e. The highest BCUT2D eigenvalue weighted by Crippen LogP contribution is 2.30. The second kappa shape index (κ2) is 5.07. The van der Waals surface area contributed by atoms with Gasteiger partial charge in [0.15, 0.2) is 5.82 Å². The van der Waals surface area contributed by atoms with Crippen molar-refractivity contribution in [2.75, 3.05) is 11.1 Å². The van der Waals surface area contributed by atoms with E-state index in [-0.39, 0.29) is 0 Å². The Balaban J connectivity index is 2.41. The second-order valence-electron chi connectivity index (χ2n) is 3.79. The third kappa shape index (κ3) is 2.29. The van der Waals surface area contributed by atoms with E-state index in [9.17, 15) is 0 Å². The molecule has 0 aliphatic heterocycles. The lowest BCUT2D eigenvalue weighted by molar-refractivity contribution is 1.29. The highest BCUT2D eigenvalue weighted by atomic mass is 79.9. The molecule has 18 heavy (non-hydrogen) atoms. The van der Waals surface area contributed by atoms with Crippen molar-refractivity contribution in [3.05, 3.63) is 46.1 Å². The number of aryl methyl sites for hydroxylation is 1. The normalized spacial score (nSPS) is 9.83. The highest BCUT2D eigenvalue weighted by Gasteiger charge is 2.08. The number of nitrogens with one attached hydrogen (secondary N) is 1. The Kier molecular flexibility index (Phi) is 3.49. The van der Waals surface area contributed by atoms with E-state index in [1.54, 1.807) is 12.3 Å². The Morgan fingerprint density at radius 3 is 2.89 bits per heavy atom. The first-order chi connectivity index (χ1) is 8.63. The molecule has 0 amide bonds. The zero-order chi connectivity index (χ0) is 13.1. The number of hydrogen-bond acceptors (Lipinski definition) is 4. The van der Waals surface area contributed by atoms with E-state index in [1.165, 1.54) is 0 Å². The average molecular weight is 303 g/mol. The van der Waals surface area contributed by atoms with Gasteiger partial charge in [0.05, 0.1) is 16.9 Å². The fourth-order valence-electron chi connectivity index (χ4n) is 1.54. The van der Waals surface area contributed by atoms with E-state index in [1.807, 2.05) is 31.2 Å². The minimum absolute atomic E-state index is 0.355. The van der Waals surface area contributed by atoms with Crippen molar-refractivity contribution in [2.24, 2.45) is 0 Å². The molecule has 0 spiro atoms. The van der Waals surface area contributed by atoms with Crippen molar-refractivity contribution in [3.63, 3.8) is 0 Å². The second-order valence-corrected chi connectivity index (χ2v) is 4.59. The van der Waals surface area contributed by atoms with Gasteiger partial charge in [-0.1, -0.05) is 12.1 Å². The van der Waals surface area contributed by atoms with Crippen LogP contribution >= 0.6 is 15.9 Å². The number of nitrogen functional groups attached to an aromatic ring is 1. The fourth-order valence-corrected chi connectivity index (χ4v) is 1.91. The van der Waals surface area contributed by atoms with Gasteiger partial charge in [0.1, 0.15) is 6.07 Å². The van der Waals surface area contributed by atoms with Crippen molar-refractivity contribution in [1.29, 1.82) is 5.26 Å². The number of nitrogens with two attached hydrogens (primary N) is 1. The van der Waals surface area contributed by atoms with Crippen LogP contribution in [0.25, 0.3) is 0 Å². The molecule has 0 fully saturated rings. The molecule has 1 aromatic heterocycles. The van der Waals surface area contributed by atoms with Gasteiger partial charge in [0.25, 0.3) is 0 Å². The number of nitriles is 1. The molecule has 4 nitrogen and oxygen atoms in total. The van der Waals surface area contributed by atoms with Crippen LogP contribution in [0.15, 0.2) is 34.9 Å². The number of anilines is 3. The molecule has 3 N–H and O–H groups in total. The van der Waals surface area contributed by atoms with Crippen LogP contribution in [0.1, 0.15) is 11.1 Å². The molecule has 5 heteroatoms. The minimum atomic E-state index is 0.355. The van der Waals surface area contributed by atoms with Gasteiger partial charge in [-0.3, -0.25) is 0 Å². The molecule has 0 unspecified atom stereocenters. The number of benzene rings is 1. The Morgan fingerprint density at radius 1 is 1.39 bits per heavy atom. The first kappa shape index (κ1) is 12.4. The fraction of sp³-hybridized carbons (Fsp3) is 0.0769. The lowest BCUT2D eigenvalue weighted by Gasteiger charge is -2.11. The van der Waals surface area contributed by atoms with Gasteiger partial charge in [-0.2, -0.15) is 5.26 Å². The van der Waals surface area contributed by atoms with Crippen molar-refractivity contribution >= 4 is 33.1 Å². The summed E-state index contributed by atoms with van der Waals surface area (Å²) in [5, 5.41) is 12.0. The number of hydrogen-bond donors (Lipinski definition) is 2. The molecule has 0 radical (unpaired) electrons. The molecule has 0 atom stereocenters. The Hall–Kier alpha value is -2.06. The summed E-state index contributed by atoms with van der Waals surface area (Å²) in [5.41, 5.74) is 8.61. The molecule has 1 heterocycles. The average Bonchev–Trinajstić information content (AvgIpc) is 2.37. The van der Waals surface area contributed by atoms with Crippen LogP contribution < -0.4 is 11.1 Å². The van der Waals surface area contributed by atoms with Gasteiger partial charge < -0.3 is 11.1 Å². The largest absolute Gasteiger partial charge is 0.395 e. The van der Waals surface area contributed by atoms with Crippen molar-refractivity contribution in [3.8, 4) is 6.07 Å². The quantitative estimate of drug-likeness (QED) is 0.892. The standard InChI is InChI=1S/C13H11BrN4/c1-8-3-2-4-10(11(8)14)18-13-12(16)9(7-15)5-6-17-13/h2-6H,16H2,1H3,(H,17,18). The summed E-state index contributed by atoms with van der Waals surface area (Å²) < 4.78 is 0.952. The van der Waals surface area contributed by atoms with Crippen molar-refractivity contribution in [2.45, 2.75) is 6.92 Å². The zero-order valence-electron chi connectivity index (χ0n) is 9.74. The summed E-state index contributed by atoms with van der Waals surface area (Å²) in [7, 11) is 0. The van der Waals surface area contributed by atoms with E-state index >= 15 is 0 Å². The maximum absolute atomic E-state index is 8.91. The van der Waals surface area contributed by atoms with Crippen LogP contribution in [0.3, 0.4) is 0 Å². The van der Waals surface area contributed by atoms with Gasteiger partial charge >= 0.3 is 0 Å². The van der Waals surface area contributed by atoms with E-state index < -0.39 is 0 Å². The molecule has 1 aromatic carbocycles. The monoisotopic (exact) mass is 302 g/mol. The van der Waals surface area contributed by atoms with Crippen LogP contribution in [-0.2, 0) is 0 Å². The summed E-state index contributed by atoms with van der Waals surface area (Å²) in [6.07, 6.45) is 1.56. The Labute approximate surface area is 114 Å². The summed E-state index contributed by atoms with van der Waals surface area (Å²) in [4.78, 5) is 4.14. The van der Waals surface area contributed by atoms with Gasteiger partial charge in [0, 0.05) is 10.7 Å². The van der Waals surface area contributed by atoms with Crippen LogP contribution in [0.5, 0.6) is 0 Å². The first-order valence-corrected chi connectivity index (χ1v) is 6.09. The van der Waals surface area contributed by atoms with E-state index in [0.29, 0.717) is 17.1 Å². The third-order valence-electron chi connectivity index (χ3n) is 2.56. The maximum atomic E-state index is 8.91.